The van der Waals surface area contributed by atoms with Crippen molar-refractivity contribution in [2.75, 3.05) is 0 Å². The molecule has 0 spiro atoms. The average molecular weight is 300 g/mol. The van der Waals surface area contributed by atoms with E-state index in [1.807, 2.05) is 0 Å². The van der Waals surface area contributed by atoms with Crippen molar-refractivity contribution in [2.24, 2.45) is 5.41 Å². The average Bonchev–Trinajstić information content (AvgIpc) is 2.56. The molecule has 3 rings (SSSR count). The summed E-state index contributed by atoms with van der Waals surface area (Å²) in [6.45, 7) is 15.4. The van der Waals surface area contributed by atoms with Gasteiger partial charge in [-0.25, -0.2) is 0 Å². The Morgan fingerprint density at radius 2 is 1.50 bits per heavy atom. The van der Waals surface area contributed by atoms with Gasteiger partial charge in [0.15, 0.2) is 0 Å². The zero-order valence-electron chi connectivity index (χ0n) is 15.2. The van der Waals surface area contributed by atoms with Gasteiger partial charge in [0.2, 0.25) is 0 Å². The van der Waals surface area contributed by atoms with Crippen LogP contribution in [0.2, 0.25) is 0 Å². The quantitative estimate of drug-likeness (QED) is 0.734. The van der Waals surface area contributed by atoms with Crippen LogP contribution in [0.3, 0.4) is 0 Å². The van der Waals surface area contributed by atoms with E-state index in [-0.39, 0.29) is 18.3 Å². The fourth-order valence-corrected chi connectivity index (χ4v) is 3.53. The molecule has 0 aromatic heterocycles. The first-order chi connectivity index (χ1) is 10.0. The maximum absolute atomic E-state index is 6.24. The van der Waals surface area contributed by atoms with E-state index >= 15 is 0 Å². The van der Waals surface area contributed by atoms with Crippen LogP contribution in [-0.4, -0.2) is 18.3 Å². The third-order valence-corrected chi connectivity index (χ3v) is 5.84. The van der Waals surface area contributed by atoms with Crippen LogP contribution in [0.1, 0.15) is 64.7 Å². The van der Waals surface area contributed by atoms with Crippen LogP contribution < -0.4 is 5.46 Å². The molecule has 1 saturated heterocycles. The molecule has 22 heavy (non-hydrogen) atoms. The summed E-state index contributed by atoms with van der Waals surface area (Å²) in [5, 5.41) is 0. The molecule has 1 aliphatic heterocycles. The van der Waals surface area contributed by atoms with Crippen LogP contribution in [0.25, 0.3) is 0 Å². The van der Waals surface area contributed by atoms with Crippen molar-refractivity contribution in [1.29, 1.82) is 0 Å². The summed E-state index contributed by atoms with van der Waals surface area (Å²) in [6.07, 6.45) is 3.59. The monoisotopic (exact) mass is 300 g/mol. The first kappa shape index (κ1) is 16.1. The zero-order chi connectivity index (χ0) is 16.3. The number of hydrogen-bond donors (Lipinski definition) is 0. The maximum atomic E-state index is 6.24. The van der Waals surface area contributed by atoms with Crippen molar-refractivity contribution in [3.8, 4) is 0 Å². The highest BCUT2D eigenvalue weighted by atomic mass is 16.7. The number of fused-ring (bicyclic) bond motifs is 1. The predicted octanol–water partition coefficient (Wildman–Crippen LogP) is 3.81. The van der Waals surface area contributed by atoms with Crippen molar-refractivity contribution < 1.29 is 9.31 Å². The molecule has 1 fully saturated rings. The highest BCUT2D eigenvalue weighted by Gasteiger charge is 2.52. The molecular formula is C19H29BO2. The summed E-state index contributed by atoms with van der Waals surface area (Å²) in [4.78, 5) is 0. The first-order valence-electron chi connectivity index (χ1n) is 8.49. The molecule has 2 aliphatic rings. The Balaban J connectivity index is 1.94. The zero-order valence-corrected chi connectivity index (χ0v) is 15.2. The second-order valence-electron chi connectivity index (χ2n) is 8.91. The third kappa shape index (κ3) is 2.63. The van der Waals surface area contributed by atoms with Crippen LogP contribution in [0.15, 0.2) is 12.1 Å². The van der Waals surface area contributed by atoms with E-state index in [0.29, 0.717) is 5.41 Å². The Kier molecular flexibility index (Phi) is 3.54. The van der Waals surface area contributed by atoms with E-state index in [2.05, 4.69) is 60.6 Å². The number of hydrogen-bond acceptors (Lipinski definition) is 2. The van der Waals surface area contributed by atoms with Gasteiger partial charge in [-0.05, 0) is 75.9 Å². The summed E-state index contributed by atoms with van der Waals surface area (Å²) >= 11 is 0. The Morgan fingerprint density at radius 1 is 0.909 bits per heavy atom. The summed E-state index contributed by atoms with van der Waals surface area (Å²) in [6, 6.07) is 4.69. The van der Waals surface area contributed by atoms with Crippen molar-refractivity contribution in [3.63, 3.8) is 0 Å². The van der Waals surface area contributed by atoms with Crippen LogP contribution in [0.4, 0.5) is 0 Å². The highest BCUT2D eigenvalue weighted by Crippen LogP contribution is 2.38. The molecule has 0 atom stereocenters. The lowest BCUT2D eigenvalue weighted by Gasteiger charge is -2.32. The summed E-state index contributed by atoms with van der Waals surface area (Å²) in [5.74, 6) is 0. The lowest BCUT2D eigenvalue weighted by Crippen LogP contribution is -2.41. The van der Waals surface area contributed by atoms with Crippen molar-refractivity contribution in [1.82, 2.24) is 0 Å². The van der Waals surface area contributed by atoms with Gasteiger partial charge < -0.3 is 9.31 Å². The van der Waals surface area contributed by atoms with E-state index < -0.39 is 0 Å². The minimum absolute atomic E-state index is 0.245. The van der Waals surface area contributed by atoms with Crippen LogP contribution >= 0.6 is 0 Å². The first-order valence-corrected chi connectivity index (χ1v) is 8.49. The topological polar surface area (TPSA) is 18.5 Å². The van der Waals surface area contributed by atoms with Crippen molar-refractivity contribution >= 4 is 12.6 Å². The SMILES string of the molecule is Cc1cc2c(cc1B1OC(C)(C)C(C)(C)O1)CCC(C)(C)C2. The van der Waals surface area contributed by atoms with Gasteiger partial charge in [0, 0.05) is 0 Å². The second-order valence-corrected chi connectivity index (χ2v) is 8.91. The molecule has 0 saturated carbocycles. The van der Waals surface area contributed by atoms with Gasteiger partial charge >= 0.3 is 7.12 Å². The molecular weight excluding hydrogens is 271 g/mol. The van der Waals surface area contributed by atoms with E-state index in [1.54, 1.807) is 0 Å². The summed E-state index contributed by atoms with van der Waals surface area (Å²) < 4.78 is 12.5. The Hall–Kier alpha value is -0.795. The predicted molar refractivity (Wildman–Crippen MR) is 92.7 cm³/mol. The second kappa shape index (κ2) is 4.85. The molecule has 0 unspecified atom stereocenters. The van der Waals surface area contributed by atoms with Gasteiger partial charge in [-0.15, -0.1) is 0 Å². The highest BCUT2D eigenvalue weighted by molar-refractivity contribution is 6.62. The Labute approximate surface area is 135 Å². The van der Waals surface area contributed by atoms with Gasteiger partial charge in [0.05, 0.1) is 11.2 Å². The van der Waals surface area contributed by atoms with Gasteiger partial charge in [-0.2, -0.15) is 0 Å². The lowest BCUT2D eigenvalue weighted by atomic mass is 9.69. The fourth-order valence-electron chi connectivity index (χ4n) is 3.53. The minimum Gasteiger partial charge on any atom is -0.399 e. The Morgan fingerprint density at radius 3 is 2.09 bits per heavy atom. The smallest absolute Gasteiger partial charge is 0.399 e. The molecule has 1 aromatic carbocycles. The fraction of sp³-hybridized carbons (Fsp3) is 0.684. The maximum Gasteiger partial charge on any atom is 0.495 e. The van der Waals surface area contributed by atoms with Crippen LogP contribution in [0, 0.1) is 12.3 Å². The van der Waals surface area contributed by atoms with E-state index in [9.17, 15) is 0 Å². The van der Waals surface area contributed by atoms with Gasteiger partial charge in [0.1, 0.15) is 0 Å². The molecule has 2 nitrogen and oxygen atoms in total. The number of rotatable bonds is 1. The van der Waals surface area contributed by atoms with Crippen LogP contribution in [0.5, 0.6) is 0 Å². The van der Waals surface area contributed by atoms with Gasteiger partial charge in [-0.3, -0.25) is 0 Å². The van der Waals surface area contributed by atoms with Crippen molar-refractivity contribution in [3.05, 3.63) is 28.8 Å². The third-order valence-electron chi connectivity index (χ3n) is 5.84. The van der Waals surface area contributed by atoms with E-state index in [4.69, 9.17) is 9.31 Å². The summed E-state index contributed by atoms with van der Waals surface area (Å²) in [5.41, 5.74) is 5.35. The molecule has 0 N–H and O–H groups in total. The molecule has 0 bridgehead atoms. The van der Waals surface area contributed by atoms with E-state index in [1.165, 1.54) is 35.0 Å². The largest absolute Gasteiger partial charge is 0.495 e. The number of aryl methyl sites for hydroxylation is 2. The normalized spacial score (nSPS) is 25.1. The van der Waals surface area contributed by atoms with Gasteiger partial charge in [-0.1, -0.05) is 31.5 Å². The standard InChI is InChI=1S/C19H29BO2/c1-13-10-15-12-17(2,3)9-8-14(15)11-16(13)20-21-18(4,5)19(6,7)22-20/h10-11H,8-9,12H2,1-7H3. The molecule has 1 aliphatic carbocycles. The lowest BCUT2D eigenvalue weighted by molar-refractivity contribution is 0.00578. The van der Waals surface area contributed by atoms with E-state index in [0.717, 1.165) is 6.42 Å². The molecule has 0 amide bonds. The summed E-state index contributed by atoms with van der Waals surface area (Å²) in [7, 11) is -0.245. The molecule has 1 aromatic rings. The number of benzene rings is 1. The Bertz CT molecular complexity index is 586. The molecule has 0 radical (unpaired) electrons. The molecule has 1 heterocycles. The van der Waals surface area contributed by atoms with Gasteiger partial charge in [0.25, 0.3) is 0 Å². The molecule has 120 valence electrons. The molecule has 3 heteroatoms. The minimum atomic E-state index is -0.276. The van der Waals surface area contributed by atoms with Crippen LogP contribution in [-0.2, 0) is 22.2 Å². The van der Waals surface area contributed by atoms with Crippen molar-refractivity contribution in [2.45, 2.75) is 78.9 Å².